The molecule has 1 aromatic heterocycles. The minimum atomic E-state index is -0.139. The van der Waals surface area contributed by atoms with Crippen LogP contribution >= 0.6 is 0 Å². The Kier molecular flexibility index (Phi) is 3.02. The molecule has 0 unspecified atom stereocenters. The first kappa shape index (κ1) is 10.2. The van der Waals surface area contributed by atoms with Gasteiger partial charge in [0, 0.05) is 18.1 Å². The molecule has 3 heteroatoms. The van der Waals surface area contributed by atoms with Crippen molar-refractivity contribution < 1.29 is 4.39 Å². The summed E-state index contributed by atoms with van der Waals surface area (Å²) in [5, 5.41) is 3.81. The van der Waals surface area contributed by atoms with E-state index < -0.39 is 0 Å². The quantitative estimate of drug-likeness (QED) is 0.760. The Bertz CT molecular complexity index is 448. The number of aryl methyl sites for hydroxylation is 1. The summed E-state index contributed by atoms with van der Waals surface area (Å²) in [5.74, 6) is -0.139. The molecule has 0 radical (unpaired) electrons. The Hall–Kier alpha value is -1.35. The van der Waals surface area contributed by atoms with Crippen LogP contribution in [0, 0.1) is 5.82 Å². The van der Waals surface area contributed by atoms with Crippen molar-refractivity contribution in [1.82, 2.24) is 9.88 Å². The van der Waals surface area contributed by atoms with Crippen LogP contribution in [0.4, 0.5) is 4.39 Å². The monoisotopic (exact) mass is 206 g/mol. The smallest absolute Gasteiger partial charge is 0.132 e. The fourth-order valence-corrected chi connectivity index (χ4v) is 1.81. The van der Waals surface area contributed by atoms with E-state index in [1.54, 1.807) is 6.07 Å². The molecule has 0 aliphatic heterocycles. The van der Waals surface area contributed by atoms with Crippen LogP contribution in [-0.4, -0.2) is 18.2 Å². The summed E-state index contributed by atoms with van der Waals surface area (Å²) in [6.07, 6.45) is 3.00. The standard InChI is InChI=1S/C12H15FN2/c1-14-7-3-8-15-9-6-10-11(13)4-2-5-12(10)15/h2,4-6,9,14H,3,7-8H2,1H3. The topological polar surface area (TPSA) is 17.0 Å². The van der Waals surface area contributed by atoms with Crippen LogP contribution in [-0.2, 0) is 6.54 Å². The zero-order chi connectivity index (χ0) is 10.7. The van der Waals surface area contributed by atoms with Gasteiger partial charge in [0.2, 0.25) is 0 Å². The van der Waals surface area contributed by atoms with E-state index in [1.165, 1.54) is 6.07 Å². The van der Waals surface area contributed by atoms with Crippen molar-refractivity contribution in [2.24, 2.45) is 0 Å². The predicted molar refractivity (Wildman–Crippen MR) is 60.4 cm³/mol. The maximum atomic E-state index is 13.4. The zero-order valence-corrected chi connectivity index (χ0v) is 8.83. The van der Waals surface area contributed by atoms with Crippen molar-refractivity contribution in [3.63, 3.8) is 0 Å². The van der Waals surface area contributed by atoms with Gasteiger partial charge >= 0.3 is 0 Å². The number of nitrogens with one attached hydrogen (secondary N) is 1. The summed E-state index contributed by atoms with van der Waals surface area (Å²) < 4.78 is 15.5. The van der Waals surface area contributed by atoms with Crippen molar-refractivity contribution in [2.45, 2.75) is 13.0 Å². The average molecular weight is 206 g/mol. The van der Waals surface area contributed by atoms with Gasteiger partial charge in [-0.15, -0.1) is 0 Å². The maximum Gasteiger partial charge on any atom is 0.132 e. The van der Waals surface area contributed by atoms with Gasteiger partial charge in [0.05, 0.1) is 5.52 Å². The van der Waals surface area contributed by atoms with Gasteiger partial charge in [-0.1, -0.05) is 6.07 Å². The van der Waals surface area contributed by atoms with Gasteiger partial charge in [-0.3, -0.25) is 0 Å². The highest BCUT2D eigenvalue weighted by molar-refractivity contribution is 5.80. The molecule has 2 nitrogen and oxygen atoms in total. The van der Waals surface area contributed by atoms with Crippen molar-refractivity contribution in [3.05, 3.63) is 36.3 Å². The van der Waals surface area contributed by atoms with Crippen LogP contribution in [0.2, 0.25) is 0 Å². The van der Waals surface area contributed by atoms with Crippen LogP contribution in [0.25, 0.3) is 10.9 Å². The first-order valence-corrected chi connectivity index (χ1v) is 5.21. The van der Waals surface area contributed by atoms with Gasteiger partial charge in [-0.2, -0.15) is 0 Å². The molecule has 0 saturated carbocycles. The van der Waals surface area contributed by atoms with Crippen LogP contribution < -0.4 is 5.32 Å². The summed E-state index contributed by atoms with van der Waals surface area (Å²) >= 11 is 0. The molecule has 1 N–H and O–H groups in total. The lowest BCUT2D eigenvalue weighted by atomic mass is 10.2. The predicted octanol–water partition coefficient (Wildman–Crippen LogP) is 2.39. The van der Waals surface area contributed by atoms with Crippen LogP contribution in [0.3, 0.4) is 0 Å². The number of hydrogen-bond donors (Lipinski definition) is 1. The number of halogens is 1. The second-order valence-corrected chi connectivity index (χ2v) is 3.64. The fourth-order valence-electron chi connectivity index (χ4n) is 1.81. The van der Waals surface area contributed by atoms with Crippen molar-refractivity contribution in [1.29, 1.82) is 0 Å². The minimum Gasteiger partial charge on any atom is -0.347 e. The maximum absolute atomic E-state index is 13.4. The summed E-state index contributed by atoms with van der Waals surface area (Å²) in [6, 6.07) is 7.05. The molecule has 0 aliphatic carbocycles. The number of fused-ring (bicyclic) bond motifs is 1. The first-order chi connectivity index (χ1) is 7.33. The molecule has 0 amide bonds. The second-order valence-electron chi connectivity index (χ2n) is 3.64. The molecule has 1 aromatic carbocycles. The largest absolute Gasteiger partial charge is 0.347 e. The van der Waals surface area contributed by atoms with Gasteiger partial charge in [-0.05, 0) is 38.2 Å². The Morgan fingerprint density at radius 3 is 3.00 bits per heavy atom. The van der Waals surface area contributed by atoms with E-state index in [2.05, 4.69) is 9.88 Å². The van der Waals surface area contributed by atoms with Gasteiger partial charge < -0.3 is 9.88 Å². The van der Waals surface area contributed by atoms with E-state index >= 15 is 0 Å². The highest BCUT2D eigenvalue weighted by atomic mass is 19.1. The lowest BCUT2D eigenvalue weighted by Gasteiger charge is -2.04. The molecule has 2 rings (SSSR count). The third-order valence-corrected chi connectivity index (χ3v) is 2.59. The zero-order valence-electron chi connectivity index (χ0n) is 8.83. The Balaban J connectivity index is 2.25. The third kappa shape index (κ3) is 2.02. The van der Waals surface area contributed by atoms with Crippen molar-refractivity contribution in [3.8, 4) is 0 Å². The highest BCUT2D eigenvalue weighted by Crippen LogP contribution is 2.18. The SMILES string of the molecule is CNCCCn1ccc2c(F)cccc21. The molecule has 0 saturated heterocycles. The summed E-state index contributed by atoms with van der Waals surface area (Å²) in [6.45, 7) is 1.91. The van der Waals surface area contributed by atoms with E-state index in [0.717, 1.165) is 25.0 Å². The number of nitrogens with zero attached hydrogens (tertiary/aromatic N) is 1. The number of aromatic nitrogens is 1. The fraction of sp³-hybridized carbons (Fsp3) is 0.333. The van der Waals surface area contributed by atoms with Crippen LogP contribution in [0.1, 0.15) is 6.42 Å². The van der Waals surface area contributed by atoms with Crippen LogP contribution in [0.15, 0.2) is 30.5 Å². The first-order valence-electron chi connectivity index (χ1n) is 5.21. The molecule has 0 fully saturated rings. The lowest BCUT2D eigenvalue weighted by molar-refractivity contribution is 0.625. The Labute approximate surface area is 88.7 Å². The molecular formula is C12H15FN2. The summed E-state index contributed by atoms with van der Waals surface area (Å²) in [5.41, 5.74) is 0.978. The van der Waals surface area contributed by atoms with Gasteiger partial charge in [-0.25, -0.2) is 4.39 Å². The molecule has 0 aliphatic rings. The van der Waals surface area contributed by atoms with Gasteiger partial charge in [0.15, 0.2) is 0 Å². The Morgan fingerprint density at radius 1 is 1.33 bits per heavy atom. The van der Waals surface area contributed by atoms with E-state index in [0.29, 0.717) is 5.39 Å². The van der Waals surface area contributed by atoms with Crippen molar-refractivity contribution >= 4 is 10.9 Å². The van der Waals surface area contributed by atoms with Gasteiger partial charge in [0.1, 0.15) is 5.82 Å². The van der Waals surface area contributed by atoms with Gasteiger partial charge in [0.25, 0.3) is 0 Å². The molecule has 80 valence electrons. The molecule has 1 heterocycles. The molecule has 0 bridgehead atoms. The Morgan fingerprint density at radius 2 is 2.20 bits per heavy atom. The van der Waals surface area contributed by atoms with Crippen molar-refractivity contribution in [2.75, 3.05) is 13.6 Å². The lowest BCUT2D eigenvalue weighted by Crippen LogP contribution is -2.10. The van der Waals surface area contributed by atoms with E-state index in [1.807, 2.05) is 25.4 Å². The summed E-state index contributed by atoms with van der Waals surface area (Å²) in [4.78, 5) is 0. The molecular weight excluding hydrogens is 191 g/mol. The van der Waals surface area contributed by atoms with Crippen LogP contribution in [0.5, 0.6) is 0 Å². The molecule has 0 atom stereocenters. The van der Waals surface area contributed by atoms with E-state index in [-0.39, 0.29) is 5.82 Å². The normalized spacial score (nSPS) is 11.1. The number of benzene rings is 1. The third-order valence-electron chi connectivity index (χ3n) is 2.59. The highest BCUT2D eigenvalue weighted by Gasteiger charge is 2.03. The molecule has 2 aromatic rings. The second kappa shape index (κ2) is 4.45. The van der Waals surface area contributed by atoms with E-state index in [9.17, 15) is 4.39 Å². The molecule has 0 spiro atoms. The molecule has 15 heavy (non-hydrogen) atoms. The average Bonchev–Trinajstić information content (AvgIpc) is 2.64. The number of hydrogen-bond acceptors (Lipinski definition) is 1. The minimum absolute atomic E-state index is 0.139. The summed E-state index contributed by atoms with van der Waals surface area (Å²) in [7, 11) is 1.94. The number of rotatable bonds is 4. The van der Waals surface area contributed by atoms with E-state index in [4.69, 9.17) is 0 Å².